The molecule has 0 spiro atoms. The number of imidazole rings is 1. The van der Waals surface area contributed by atoms with Crippen molar-refractivity contribution in [2.75, 3.05) is 39.8 Å². The van der Waals surface area contributed by atoms with E-state index in [1.54, 1.807) is 6.20 Å². The van der Waals surface area contributed by atoms with E-state index >= 15 is 0 Å². The van der Waals surface area contributed by atoms with Gasteiger partial charge in [0.25, 0.3) is 5.91 Å². The van der Waals surface area contributed by atoms with Crippen molar-refractivity contribution in [3.8, 4) is 0 Å². The number of unbranched alkanes of at least 4 members (excludes halogenated alkanes) is 1. The van der Waals surface area contributed by atoms with Crippen LogP contribution < -0.4 is 0 Å². The Hall–Kier alpha value is -2.77. The second kappa shape index (κ2) is 14.6. The van der Waals surface area contributed by atoms with Gasteiger partial charge in [0.15, 0.2) is 0 Å². The van der Waals surface area contributed by atoms with E-state index in [1.165, 1.54) is 31.5 Å². The van der Waals surface area contributed by atoms with Gasteiger partial charge >= 0.3 is 0 Å². The third-order valence-electron chi connectivity index (χ3n) is 6.30. The summed E-state index contributed by atoms with van der Waals surface area (Å²) in [6, 6.07) is 8.05. The number of aliphatic imine (C=N–C) groups is 1. The van der Waals surface area contributed by atoms with Gasteiger partial charge in [0.05, 0.1) is 6.54 Å². The van der Waals surface area contributed by atoms with E-state index in [0.29, 0.717) is 0 Å². The van der Waals surface area contributed by atoms with Crippen molar-refractivity contribution >= 4 is 11.6 Å². The van der Waals surface area contributed by atoms with Gasteiger partial charge in [-0.05, 0) is 63.0 Å². The predicted octanol–water partition coefficient (Wildman–Crippen LogP) is 4.74. The molecule has 1 aliphatic rings. The topological polar surface area (TPSA) is 67.8 Å². The average Bonchev–Trinajstić information content (AvgIpc) is 3.56. The number of H-pyrrole nitrogens is 1. The van der Waals surface area contributed by atoms with E-state index in [9.17, 15) is 4.79 Å². The smallest absolute Gasteiger partial charge is 0.253 e. The Balaban J connectivity index is 1.49. The zero-order valence-electron chi connectivity index (χ0n) is 21.7. The first-order chi connectivity index (χ1) is 17.1. The fourth-order valence-electron chi connectivity index (χ4n) is 4.51. The van der Waals surface area contributed by atoms with Crippen LogP contribution in [0.3, 0.4) is 0 Å². The highest BCUT2D eigenvalue weighted by molar-refractivity contribution is 5.94. The second-order valence-electron chi connectivity index (χ2n) is 9.44. The average molecular weight is 479 g/mol. The summed E-state index contributed by atoms with van der Waals surface area (Å²) in [6.07, 6.45) is 13.1. The Morgan fingerprint density at radius 1 is 0.943 bits per heavy atom. The van der Waals surface area contributed by atoms with E-state index in [0.717, 1.165) is 69.1 Å². The highest BCUT2D eigenvalue weighted by atomic mass is 16.2. The Morgan fingerprint density at radius 3 is 2.31 bits per heavy atom. The molecular formula is C28H42N6O. The van der Waals surface area contributed by atoms with E-state index in [1.807, 2.05) is 36.5 Å². The second-order valence-corrected chi connectivity index (χ2v) is 9.44. The first-order valence-electron chi connectivity index (χ1n) is 13.1. The maximum absolute atomic E-state index is 12.9. The van der Waals surface area contributed by atoms with Gasteiger partial charge in [0.1, 0.15) is 5.82 Å². The number of aromatic nitrogens is 2. The van der Waals surface area contributed by atoms with Gasteiger partial charge in [-0.15, -0.1) is 0 Å². The molecule has 0 fully saturated rings. The molecule has 0 saturated carbocycles. The molecule has 0 unspecified atom stereocenters. The standard InChI is InChI=1S/C28H42N6O/c1-4-17-33(18-5-2)20-7-6-19-32(3)28(35)25-12-10-24(11-13-25)21-34(22-26-9-8-14-29-26)23-27-30-15-16-31-27/h8,10-16H,4-7,9,17-23H2,1-3H3,(H,30,31). The molecule has 7 heteroatoms. The van der Waals surface area contributed by atoms with Gasteiger partial charge < -0.3 is 14.8 Å². The van der Waals surface area contributed by atoms with Crippen molar-refractivity contribution in [1.29, 1.82) is 0 Å². The number of carbonyl (C=O) groups is 1. The Morgan fingerprint density at radius 2 is 1.69 bits per heavy atom. The van der Waals surface area contributed by atoms with Crippen molar-refractivity contribution in [2.45, 2.75) is 59.0 Å². The zero-order valence-corrected chi connectivity index (χ0v) is 21.7. The Labute approximate surface area is 210 Å². The molecule has 35 heavy (non-hydrogen) atoms. The zero-order chi connectivity index (χ0) is 24.9. The molecular weight excluding hydrogens is 436 g/mol. The van der Waals surface area contributed by atoms with Gasteiger partial charge in [0, 0.05) is 63.0 Å². The van der Waals surface area contributed by atoms with Crippen LogP contribution in [0, 0.1) is 0 Å². The van der Waals surface area contributed by atoms with Crippen molar-refractivity contribution in [3.05, 3.63) is 65.9 Å². The molecule has 0 atom stereocenters. The molecule has 1 N–H and O–H groups in total. The first kappa shape index (κ1) is 26.8. The number of aromatic amines is 1. The lowest BCUT2D eigenvalue weighted by atomic mass is 10.1. The largest absolute Gasteiger partial charge is 0.348 e. The lowest BCUT2D eigenvalue weighted by Gasteiger charge is -2.22. The highest BCUT2D eigenvalue weighted by Gasteiger charge is 2.15. The van der Waals surface area contributed by atoms with Crippen molar-refractivity contribution < 1.29 is 4.79 Å². The van der Waals surface area contributed by atoms with E-state index in [4.69, 9.17) is 0 Å². The highest BCUT2D eigenvalue weighted by Crippen LogP contribution is 2.13. The van der Waals surface area contributed by atoms with Crippen LogP contribution in [0.4, 0.5) is 0 Å². The summed E-state index contributed by atoms with van der Waals surface area (Å²) < 4.78 is 0. The number of nitrogens with one attached hydrogen (secondary N) is 1. The lowest BCUT2D eigenvalue weighted by Crippen LogP contribution is -2.30. The molecule has 190 valence electrons. The summed E-state index contributed by atoms with van der Waals surface area (Å²) in [5, 5.41) is 0. The monoisotopic (exact) mass is 478 g/mol. The number of nitrogens with zero attached hydrogens (tertiary/aromatic N) is 5. The van der Waals surface area contributed by atoms with Crippen LogP contribution in [0.25, 0.3) is 0 Å². The van der Waals surface area contributed by atoms with Crippen LogP contribution in [0.15, 0.2) is 53.9 Å². The summed E-state index contributed by atoms with van der Waals surface area (Å²) in [5.74, 6) is 1.03. The quantitative estimate of drug-likeness (QED) is 0.354. The molecule has 1 aromatic heterocycles. The predicted molar refractivity (Wildman–Crippen MR) is 144 cm³/mol. The van der Waals surface area contributed by atoms with Gasteiger partial charge in [-0.1, -0.05) is 32.1 Å². The molecule has 3 rings (SSSR count). The van der Waals surface area contributed by atoms with Crippen molar-refractivity contribution in [3.63, 3.8) is 0 Å². The van der Waals surface area contributed by atoms with Crippen LogP contribution in [-0.2, 0) is 13.1 Å². The summed E-state index contributed by atoms with van der Waals surface area (Å²) in [6.45, 7) is 11.0. The van der Waals surface area contributed by atoms with E-state index in [-0.39, 0.29) is 5.91 Å². The number of hydrogen-bond donors (Lipinski definition) is 1. The fraction of sp³-hybridized carbons (Fsp3) is 0.536. The normalized spacial score (nSPS) is 13.1. The van der Waals surface area contributed by atoms with E-state index in [2.05, 4.69) is 56.8 Å². The van der Waals surface area contributed by atoms with Gasteiger partial charge in [-0.2, -0.15) is 0 Å². The molecule has 0 aliphatic carbocycles. The molecule has 0 bridgehead atoms. The number of hydrogen-bond acceptors (Lipinski definition) is 5. The number of benzene rings is 1. The fourth-order valence-corrected chi connectivity index (χ4v) is 4.51. The van der Waals surface area contributed by atoms with Gasteiger partial charge in [-0.25, -0.2) is 4.98 Å². The SMILES string of the molecule is CCCN(CCC)CCCCN(C)C(=O)c1ccc(CN(CC2=NC=CC2)Cc2ncc[nH]2)cc1. The minimum atomic E-state index is 0.0920. The molecule has 2 aromatic rings. The van der Waals surface area contributed by atoms with Gasteiger partial charge in [0.2, 0.25) is 0 Å². The number of allylic oxidation sites excluding steroid dienone is 1. The van der Waals surface area contributed by atoms with Crippen LogP contribution in [-0.4, -0.2) is 76.1 Å². The van der Waals surface area contributed by atoms with Gasteiger partial charge in [-0.3, -0.25) is 14.7 Å². The Kier molecular flexibility index (Phi) is 11.2. The summed E-state index contributed by atoms with van der Waals surface area (Å²) in [7, 11) is 1.91. The van der Waals surface area contributed by atoms with E-state index < -0.39 is 0 Å². The maximum Gasteiger partial charge on any atom is 0.253 e. The third-order valence-corrected chi connectivity index (χ3v) is 6.30. The minimum absolute atomic E-state index is 0.0920. The maximum atomic E-state index is 12.9. The Bertz CT molecular complexity index is 929. The molecule has 2 heterocycles. The minimum Gasteiger partial charge on any atom is -0.348 e. The van der Waals surface area contributed by atoms with Crippen LogP contribution in [0.5, 0.6) is 0 Å². The van der Waals surface area contributed by atoms with Crippen molar-refractivity contribution in [2.24, 2.45) is 4.99 Å². The molecule has 7 nitrogen and oxygen atoms in total. The summed E-state index contributed by atoms with van der Waals surface area (Å²) >= 11 is 0. The lowest BCUT2D eigenvalue weighted by molar-refractivity contribution is 0.0791. The van der Waals surface area contributed by atoms with Crippen LogP contribution in [0.1, 0.15) is 67.7 Å². The summed E-state index contributed by atoms with van der Waals surface area (Å²) in [4.78, 5) is 31.7. The van der Waals surface area contributed by atoms with Crippen LogP contribution in [0.2, 0.25) is 0 Å². The molecule has 0 radical (unpaired) electrons. The van der Waals surface area contributed by atoms with Crippen molar-refractivity contribution in [1.82, 2.24) is 24.7 Å². The number of amides is 1. The molecule has 1 aliphatic heterocycles. The number of carbonyl (C=O) groups excluding carboxylic acids is 1. The summed E-state index contributed by atoms with van der Waals surface area (Å²) in [5.41, 5.74) is 3.09. The third kappa shape index (κ3) is 9.07. The first-order valence-corrected chi connectivity index (χ1v) is 13.1. The van der Waals surface area contributed by atoms with Crippen LogP contribution >= 0.6 is 0 Å². The molecule has 1 aromatic carbocycles. The number of rotatable bonds is 16. The molecule has 1 amide bonds. The molecule has 0 saturated heterocycles.